The summed E-state index contributed by atoms with van der Waals surface area (Å²) in [7, 11) is 3.13. The van der Waals surface area contributed by atoms with E-state index in [2.05, 4.69) is 11.1 Å². The number of morpholine rings is 1. The highest BCUT2D eigenvalue weighted by molar-refractivity contribution is 6.00. The molecule has 0 amide bonds. The van der Waals surface area contributed by atoms with Gasteiger partial charge < -0.3 is 23.8 Å². The average molecular weight is 452 g/mol. The summed E-state index contributed by atoms with van der Waals surface area (Å²) in [5.74, 6) is 1.33. The van der Waals surface area contributed by atoms with E-state index in [0.29, 0.717) is 54.5 Å². The summed E-state index contributed by atoms with van der Waals surface area (Å²) < 4.78 is 22.4. The molecule has 0 radical (unpaired) electrons. The zero-order valence-corrected chi connectivity index (χ0v) is 19.5. The Morgan fingerprint density at radius 2 is 1.91 bits per heavy atom. The van der Waals surface area contributed by atoms with Crippen LogP contribution in [0.5, 0.6) is 11.5 Å². The molecular formula is C25H29N3O5. The van der Waals surface area contributed by atoms with E-state index < -0.39 is 5.92 Å². The van der Waals surface area contributed by atoms with E-state index in [0.717, 1.165) is 18.7 Å². The first-order valence-electron chi connectivity index (χ1n) is 11.0. The average Bonchev–Trinajstić information content (AvgIpc) is 2.81. The van der Waals surface area contributed by atoms with Gasteiger partial charge in [-0.2, -0.15) is 5.26 Å². The third kappa shape index (κ3) is 4.60. The van der Waals surface area contributed by atoms with Gasteiger partial charge >= 0.3 is 0 Å². The molecule has 3 aliphatic rings. The molecule has 4 rings (SSSR count). The van der Waals surface area contributed by atoms with E-state index in [4.69, 9.17) is 18.9 Å². The van der Waals surface area contributed by atoms with Crippen LogP contribution in [0.2, 0.25) is 0 Å². The van der Waals surface area contributed by atoms with Gasteiger partial charge in [0.15, 0.2) is 17.3 Å². The van der Waals surface area contributed by atoms with E-state index >= 15 is 0 Å². The van der Waals surface area contributed by atoms with Gasteiger partial charge in [0.25, 0.3) is 0 Å². The molecular weight excluding hydrogens is 422 g/mol. The summed E-state index contributed by atoms with van der Waals surface area (Å²) in [4.78, 5) is 19.9. The van der Waals surface area contributed by atoms with Crippen molar-refractivity contribution in [3.8, 4) is 17.6 Å². The van der Waals surface area contributed by atoms with Crippen molar-refractivity contribution < 1.29 is 23.7 Å². The minimum Gasteiger partial charge on any atom is -0.493 e. The van der Waals surface area contributed by atoms with Crippen LogP contribution in [0, 0.1) is 16.7 Å². The zero-order chi connectivity index (χ0) is 23.6. The fourth-order valence-electron chi connectivity index (χ4n) is 4.53. The Kier molecular flexibility index (Phi) is 6.43. The number of hydrogen-bond donors (Lipinski definition) is 0. The number of ether oxygens (including phenoxy) is 4. The molecule has 0 aromatic heterocycles. The van der Waals surface area contributed by atoms with E-state index in [9.17, 15) is 10.1 Å². The molecule has 1 aromatic rings. The van der Waals surface area contributed by atoms with Gasteiger partial charge in [-0.05, 0) is 23.1 Å². The first kappa shape index (κ1) is 22.9. The summed E-state index contributed by atoms with van der Waals surface area (Å²) in [6, 6.07) is 7.72. The highest BCUT2D eigenvalue weighted by Gasteiger charge is 2.43. The number of hydrogen-bond acceptors (Lipinski definition) is 7. The maximum atomic E-state index is 13.3. The van der Waals surface area contributed by atoms with Gasteiger partial charge in [0.05, 0.1) is 39.7 Å². The van der Waals surface area contributed by atoms with Crippen molar-refractivity contribution in [2.45, 2.75) is 32.6 Å². The van der Waals surface area contributed by atoms with Crippen molar-refractivity contribution in [3.05, 3.63) is 46.6 Å². The molecule has 0 spiro atoms. The number of nitriles is 1. The standard InChI is InChI=1S/C25H29N3O5/c1-25(2)12-18(29)23-21(13-25)33-24(27-15-28-7-9-32-10-8-28)17(14-26)22(23)16-5-6-19(30-3)20(11-16)31-4/h5-6,11,15,22H,7-10,12-13H2,1-4H3/t22-/m1/s1. The van der Waals surface area contributed by atoms with Crippen LogP contribution in [-0.4, -0.2) is 57.5 Å². The Balaban J connectivity index is 1.82. The topological polar surface area (TPSA) is 93.4 Å². The molecule has 8 nitrogen and oxygen atoms in total. The number of methoxy groups -OCH3 is 2. The van der Waals surface area contributed by atoms with E-state index in [1.165, 1.54) is 0 Å². The van der Waals surface area contributed by atoms with Gasteiger partial charge in [-0.15, -0.1) is 0 Å². The van der Waals surface area contributed by atoms with Crippen molar-refractivity contribution in [1.29, 1.82) is 5.26 Å². The molecule has 1 fully saturated rings. The zero-order valence-electron chi connectivity index (χ0n) is 19.5. The highest BCUT2D eigenvalue weighted by Crippen LogP contribution is 2.49. The monoisotopic (exact) mass is 451 g/mol. The third-order valence-electron chi connectivity index (χ3n) is 6.15. The summed E-state index contributed by atoms with van der Waals surface area (Å²) >= 11 is 0. The lowest BCUT2D eigenvalue weighted by molar-refractivity contribution is -0.119. The highest BCUT2D eigenvalue weighted by atomic mass is 16.5. The van der Waals surface area contributed by atoms with Crippen molar-refractivity contribution in [2.24, 2.45) is 10.4 Å². The number of ketones is 1. The molecule has 0 saturated carbocycles. The van der Waals surface area contributed by atoms with Gasteiger partial charge in [0, 0.05) is 31.5 Å². The van der Waals surface area contributed by atoms with Crippen LogP contribution in [0.15, 0.2) is 46.0 Å². The molecule has 0 N–H and O–H groups in total. The number of allylic oxidation sites excluding steroid dienone is 3. The van der Waals surface area contributed by atoms with Gasteiger partial charge in [0.2, 0.25) is 5.88 Å². The Morgan fingerprint density at radius 3 is 2.58 bits per heavy atom. The van der Waals surface area contributed by atoms with E-state index in [-0.39, 0.29) is 17.1 Å². The molecule has 2 aliphatic heterocycles. The molecule has 174 valence electrons. The van der Waals surface area contributed by atoms with Crippen molar-refractivity contribution in [1.82, 2.24) is 4.90 Å². The Hall–Kier alpha value is -3.31. The van der Waals surface area contributed by atoms with Gasteiger partial charge in [0.1, 0.15) is 17.4 Å². The SMILES string of the molecule is COc1ccc([C@@H]2C(C#N)=C(N=CN3CCOCC3)OC3=C2C(=O)CC(C)(C)C3)cc1OC. The molecule has 2 heterocycles. The fraction of sp³-hybridized carbons (Fsp3) is 0.480. The second-order valence-corrected chi connectivity index (χ2v) is 9.15. The lowest BCUT2D eigenvalue weighted by atomic mass is 9.70. The summed E-state index contributed by atoms with van der Waals surface area (Å²) in [5.41, 5.74) is 1.36. The second kappa shape index (κ2) is 9.28. The third-order valence-corrected chi connectivity index (χ3v) is 6.15. The number of carbonyl (C=O) groups is 1. The van der Waals surface area contributed by atoms with Crippen molar-refractivity contribution in [3.63, 3.8) is 0 Å². The van der Waals surface area contributed by atoms with Crippen LogP contribution < -0.4 is 9.47 Å². The molecule has 33 heavy (non-hydrogen) atoms. The molecule has 0 unspecified atom stereocenters. The maximum Gasteiger partial charge on any atom is 0.235 e. The van der Waals surface area contributed by atoms with Crippen molar-refractivity contribution >= 4 is 12.1 Å². The lowest BCUT2D eigenvalue weighted by Gasteiger charge is -2.37. The van der Waals surface area contributed by atoms with Crippen LogP contribution in [0.25, 0.3) is 0 Å². The van der Waals surface area contributed by atoms with Gasteiger partial charge in [-0.3, -0.25) is 4.79 Å². The lowest BCUT2D eigenvalue weighted by Crippen LogP contribution is -2.35. The first-order chi connectivity index (χ1) is 15.9. The molecule has 0 bridgehead atoms. The molecule has 1 atom stereocenters. The van der Waals surface area contributed by atoms with Crippen LogP contribution >= 0.6 is 0 Å². The fourth-order valence-corrected chi connectivity index (χ4v) is 4.53. The Morgan fingerprint density at radius 1 is 1.18 bits per heavy atom. The van der Waals surface area contributed by atoms with Gasteiger partial charge in [-0.25, -0.2) is 4.99 Å². The Bertz CT molecular complexity index is 1070. The number of nitrogens with zero attached hydrogens (tertiary/aromatic N) is 3. The number of benzene rings is 1. The number of carbonyl (C=O) groups excluding carboxylic acids is 1. The largest absolute Gasteiger partial charge is 0.493 e. The van der Waals surface area contributed by atoms with Crippen LogP contribution in [-0.2, 0) is 14.3 Å². The van der Waals surface area contributed by atoms with Crippen LogP contribution in [0.1, 0.15) is 38.2 Å². The predicted octanol–water partition coefficient (Wildman–Crippen LogP) is 3.56. The minimum atomic E-state index is -0.584. The van der Waals surface area contributed by atoms with E-state index in [1.54, 1.807) is 26.6 Å². The van der Waals surface area contributed by atoms with Gasteiger partial charge in [-0.1, -0.05) is 19.9 Å². The predicted molar refractivity (Wildman–Crippen MR) is 122 cm³/mol. The number of rotatable bonds is 5. The second-order valence-electron chi connectivity index (χ2n) is 9.15. The van der Waals surface area contributed by atoms with Crippen LogP contribution in [0.4, 0.5) is 0 Å². The Labute approximate surface area is 194 Å². The van der Waals surface area contributed by atoms with Crippen molar-refractivity contribution in [2.75, 3.05) is 40.5 Å². The number of aliphatic imine (C=N–C) groups is 1. The smallest absolute Gasteiger partial charge is 0.235 e. The summed E-state index contributed by atoms with van der Waals surface area (Å²) in [5, 5.41) is 10.2. The van der Waals surface area contributed by atoms with E-state index in [1.807, 2.05) is 30.9 Å². The first-order valence-corrected chi connectivity index (χ1v) is 11.0. The maximum absolute atomic E-state index is 13.3. The number of Topliss-reactive ketones (excluding diaryl/α,β-unsaturated/α-hetero) is 1. The summed E-state index contributed by atoms with van der Waals surface area (Å²) in [6.45, 7) is 6.79. The normalized spacial score (nSPS) is 22.7. The minimum absolute atomic E-state index is 0.00927. The molecule has 1 saturated heterocycles. The molecule has 8 heteroatoms. The van der Waals surface area contributed by atoms with Crippen LogP contribution in [0.3, 0.4) is 0 Å². The quantitative estimate of drug-likeness (QED) is 0.499. The molecule has 1 aromatic carbocycles. The molecule has 1 aliphatic carbocycles. The summed E-state index contributed by atoms with van der Waals surface area (Å²) in [6.07, 6.45) is 2.68.